The summed E-state index contributed by atoms with van der Waals surface area (Å²) in [5, 5.41) is 15.3. The lowest BCUT2D eigenvalue weighted by molar-refractivity contribution is -0.145. The van der Waals surface area contributed by atoms with Crippen molar-refractivity contribution >= 4 is 25.8 Å². The maximum atomic E-state index is 13.2. The minimum Gasteiger partial charge on any atom is -0.467 e. The lowest BCUT2D eigenvalue weighted by Crippen LogP contribution is -2.56. The van der Waals surface area contributed by atoms with Gasteiger partial charge in [0.05, 0.1) is 19.8 Å². The first-order valence-corrected chi connectivity index (χ1v) is 15.0. The molecule has 4 atom stereocenters. The van der Waals surface area contributed by atoms with Gasteiger partial charge in [0.25, 0.3) is 0 Å². The first kappa shape index (κ1) is 30.2. The van der Waals surface area contributed by atoms with E-state index < -0.39 is 44.0 Å². The van der Waals surface area contributed by atoms with Gasteiger partial charge in [0.15, 0.2) is 0 Å². The number of phosphoric ester groups is 1. The summed E-state index contributed by atoms with van der Waals surface area (Å²) in [4.78, 5) is 48.1. The second kappa shape index (κ2) is 12.6. The van der Waals surface area contributed by atoms with Crippen LogP contribution in [0, 0.1) is 0 Å². The number of rotatable bonds is 9. The molecule has 13 heteroatoms. The number of nitrogens with one attached hydrogen (secondary N) is 2. The van der Waals surface area contributed by atoms with Crippen molar-refractivity contribution < 1.29 is 47.5 Å². The molecule has 43 heavy (non-hydrogen) atoms. The second-order valence-electron chi connectivity index (χ2n) is 10.3. The fourth-order valence-electron chi connectivity index (χ4n) is 5.27. The number of esters is 1. The van der Waals surface area contributed by atoms with Crippen LogP contribution in [-0.2, 0) is 41.2 Å². The Morgan fingerprint density at radius 3 is 2.30 bits per heavy atom. The summed E-state index contributed by atoms with van der Waals surface area (Å²) in [6.45, 7) is 1.15. The molecule has 1 aliphatic carbocycles. The quantitative estimate of drug-likeness (QED) is 0.209. The van der Waals surface area contributed by atoms with Gasteiger partial charge in [-0.1, -0.05) is 54.6 Å². The minimum atomic E-state index is -4.17. The first-order chi connectivity index (χ1) is 20.6. The number of carbonyl (C=O) groups is 3. The average Bonchev–Trinajstić information content (AvgIpc) is 3.31. The summed E-state index contributed by atoms with van der Waals surface area (Å²) < 4.78 is 31.8. The van der Waals surface area contributed by atoms with Crippen molar-refractivity contribution in [2.75, 3.05) is 13.7 Å². The van der Waals surface area contributed by atoms with Crippen LogP contribution < -0.4 is 15.2 Å². The average molecular weight is 611 g/mol. The van der Waals surface area contributed by atoms with Crippen LogP contribution >= 0.6 is 7.82 Å². The number of hydrogen-bond acceptors (Lipinski definition) is 9. The van der Waals surface area contributed by atoms with Gasteiger partial charge in [0, 0.05) is 17.9 Å². The van der Waals surface area contributed by atoms with E-state index in [9.17, 15) is 28.9 Å². The van der Waals surface area contributed by atoms with Crippen LogP contribution in [0.15, 0.2) is 66.7 Å². The largest absolute Gasteiger partial charge is 0.527 e. The van der Waals surface area contributed by atoms with Crippen LogP contribution in [0.3, 0.4) is 0 Å². The zero-order chi connectivity index (χ0) is 30.7. The Kier molecular flexibility index (Phi) is 8.84. The number of fused-ring (bicyclic) bond motifs is 4. The Hall–Kier alpha value is -4.22. The third-order valence-corrected chi connectivity index (χ3v) is 8.23. The molecule has 12 nitrogen and oxygen atoms in total. The van der Waals surface area contributed by atoms with Crippen molar-refractivity contribution in [1.82, 2.24) is 10.6 Å². The minimum absolute atomic E-state index is 0.0102. The van der Waals surface area contributed by atoms with E-state index in [1.807, 2.05) is 48.5 Å². The number of aliphatic hydroxyl groups is 1. The van der Waals surface area contributed by atoms with E-state index in [1.54, 1.807) is 12.1 Å². The fraction of sp³-hybridized carbons (Fsp3) is 0.300. The first-order valence-electron chi connectivity index (χ1n) is 13.5. The topological polar surface area (TPSA) is 170 Å². The van der Waals surface area contributed by atoms with Gasteiger partial charge in [-0.05, 0) is 46.9 Å². The lowest BCUT2D eigenvalue weighted by atomic mass is 9.98. The Morgan fingerprint density at radius 2 is 1.67 bits per heavy atom. The summed E-state index contributed by atoms with van der Waals surface area (Å²) in [5.74, 6) is -1.62. The van der Waals surface area contributed by atoms with E-state index in [-0.39, 0.29) is 31.3 Å². The zero-order valence-electron chi connectivity index (χ0n) is 23.4. The third-order valence-electron chi connectivity index (χ3n) is 7.35. The smallest absolute Gasteiger partial charge is 0.467 e. The standard InChI is InChI=1S/C30H31N2O10P/c1-17(33)27(32-30(36)40-16-24-22-9-5-3-7-20(22)21-8-4-6-10-23(21)24)28(34)31-25(29(35)39-2)14-18-11-12-26-19(13-18)15-41-43(37,38)42-26/h3-13,17,24-25,27,33H,14-16H2,1-2H3,(H,31,34)(H,32,36)(H,37,38)/t17-,25+,27+/m1/s1. The molecule has 0 spiro atoms. The number of ether oxygens (including phenoxy) is 2. The molecule has 2 amide bonds. The molecule has 5 rings (SSSR count). The molecule has 0 saturated carbocycles. The van der Waals surface area contributed by atoms with Crippen molar-refractivity contribution in [1.29, 1.82) is 0 Å². The molecule has 2 aliphatic rings. The normalized spacial score (nSPS) is 19.0. The highest BCUT2D eigenvalue weighted by Gasteiger charge is 2.34. The molecule has 3 aromatic rings. The molecule has 1 unspecified atom stereocenters. The van der Waals surface area contributed by atoms with Crippen molar-refractivity contribution in [3.63, 3.8) is 0 Å². The van der Waals surface area contributed by atoms with Crippen LogP contribution in [0.1, 0.15) is 35.1 Å². The number of phosphoric acid groups is 1. The van der Waals surface area contributed by atoms with Gasteiger partial charge in [-0.15, -0.1) is 0 Å². The van der Waals surface area contributed by atoms with E-state index in [1.165, 1.54) is 13.0 Å². The van der Waals surface area contributed by atoms with E-state index in [2.05, 4.69) is 10.6 Å². The Balaban J connectivity index is 1.23. The number of amides is 2. The highest BCUT2D eigenvalue weighted by atomic mass is 31.2. The molecule has 4 N–H and O–H groups in total. The third kappa shape index (κ3) is 6.73. The Labute approximate surface area is 247 Å². The van der Waals surface area contributed by atoms with E-state index in [4.69, 9.17) is 18.5 Å². The summed E-state index contributed by atoms with van der Waals surface area (Å²) in [5.41, 5.74) is 5.21. The molecule has 0 bridgehead atoms. The SMILES string of the molecule is COC(=O)[C@H](Cc1ccc2c(c1)COP(=O)(O)O2)NC(=O)[C@@H](NC(=O)OCC1c2ccccc2-c2ccccc21)[C@@H](C)O. The molecule has 0 radical (unpaired) electrons. The number of alkyl carbamates (subject to hydrolysis) is 1. The van der Waals surface area contributed by atoms with Gasteiger partial charge in [-0.25, -0.2) is 14.2 Å². The van der Waals surface area contributed by atoms with Crippen LogP contribution in [-0.4, -0.2) is 59.9 Å². The number of benzene rings is 3. The number of carbonyl (C=O) groups excluding carboxylic acids is 3. The molecule has 0 saturated heterocycles. The van der Waals surface area contributed by atoms with Crippen molar-refractivity contribution in [3.05, 3.63) is 89.0 Å². The van der Waals surface area contributed by atoms with Gasteiger partial charge < -0.3 is 29.7 Å². The van der Waals surface area contributed by atoms with E-state index in [0.717, 1.165) is 29.4 Å². The number of hydrogen-bond donors (Lipinski definition) is 4. The summed E-state index contributed by atoms with van der Waals surface area (Å²) in [6.07, 6.45) is -2.26. The molecule has 1 aliphatic heterocycles. The maximum absolute atomic E-state index is 13.2. The monoisotopic (exact) mass is 610 g/mol. The van der Waals surface area contributed by atoms with Crippen molar-refractivity contribution in [2.24, 2.45) is 0 Å². The van der Waals surface area contributed by atoms with E-state index in [0.29, 0.717) is 11.1 Å². The summed E-state index contributed by atoms with van der Waals surface area (Å²) >= 11 is 0. The predicted octanol–water partition coefficient (Wildman–Crippen LogP) is 3.18. The Bertz CT molecular complexity index is 1550. The van der Waals surface area contributed by atoms with Gasteiger partial charge >= 0.3 is 19.9 Å². The molecule has 1 heterocycles. The highest BCUT2D eigenvalue weighted by molar-refractivity contribution is 7.47. The predicted molar refractivity (Wildman–Crippen MR) is 153 cm³/mol. The zero-order valence-corrected chi connectivity index (χ0v) is 24.3. The second-order valence-corrected chi connectivity index (χ2v) is 11.6. The molecule has 226 valence electrons. The fourth-order valence-corrected chi connectivity index (χ4v) is 6.05. The molecular weight excluding hydrogens is 579 g/mol. The maximum Gasteiger partial charge on any atom is 0.527 e. The van der Waals surface area contributed by atoms with Crippen LogP contribution in [0.4, 0.5) is 4.79 Å². The molecule has 3 aromatic carbocycles. The summed E-state index contributed by atoms with van der Waals surface area (Å²) in [6, 6.07) is 17.7. The van der Waals surface area contributed by atoms with Gasteiger partial charge in [0.1, 0.15) is 24.4 Å². The van der Waals surface area contributed by atoms with Crippen molar-refractivity contribution in [2.45, 2.75) is 44.1 Å². The van der Waals surface area contributed by atoms with Gasteiger partial charge in [-0.3, -0.25) is 14.2 Å². The molecule has 0 aromatic heterocycles. The van der Waals surface area contributed by atoms with Gasteiger partial charge in [-0.2, -0.15) is 0 Å². The summed E-state index contributed by atoms with van der Waals surface area (Å²) in [7, 11) is -3.01. The number of aliphatic hydroxyl groups excluding tert-OH is 1. The van der Waals surface area contributed by atoms with Gasteiger partial charge in [0.2, 0.25) is 5.91 Å². The highest BCUT2D eigenvalue weighted by Crippen LogP contribution is 2.50. The van der Waals surface area contributed by atoms with Crippen molar-refractivity contribution in [3.8, 4) is 16.9 Å². The molecule has 0 fully saturated rings. The molecular formula is C30H31N2O10P. The van der Waals surface area contributed by atoms with Crippen LogP contribution in [0.2, 0.25) is 0 Å². The lowest BCUT2D eigenvalue weighted by Gasteiger charge is -2.25. The van der Waals surface area contributed by atoms with E-state index >= 15 is 0 Å². The van der Waals surface area contributed by atoms with Crippen LogP contribution in [0.5, 0.6) is 5.75 Å². The number of methoxy groups -OCH3 is 1. The Morgan fingerprint density at radius 1 is 1.02 bits per heavy atom. The van der Waals surface area contributed by atoms with Crippen LogP contribution in [0.25, 0.3) is 11.1 Å².